The molecule has 3 rings (SSSR count). The van der Waals surface area contributed by atoms with Crippen molar-refractivity contribution in [2.45, 2.75) is 83.4 Å². The van der Waals surface area contributed by atoms with Crippen molar-refractivity contribution < 1.29 is 17.3 Å². The lowest BCUT2D eigenvalue weighted by Crippen LogP contribution is -2.25. The van der Waals surface area contributed by atoms with Crippen LogP contribution in [0.5, 0.6) is 0 Å². The molecule has 25 heavy (non-hydrogen) atoms. The van der Waals surface area contributed by atoms with Crippen molar-refractivity contribution in [3.63, 3.8) is 0 Å². The van der Waals surface area contributed by atoms with E-state index in [1.54, 1.807) is 0 Å². The zero-order valence-corrected chi connectivity index (χ0v) is 15.0. The summed E-state index contributed by atoms with van der Waals surface area (Å²) >= 11 is 0. The Morgan fingerprint density at radius 1 is 0.960 bits per heavy atom. The Hall–Kier alpha value is -0.990. The molecule has 2 fully saturated rings. The Morgan fingerprint density at radius 2 is 1.60 bits per heavy atom. The number of halogens is 3. The molecule has 2 aliphatic rings. The first-order valence-electron chi connectivity index (χ1n) is 11.4. The Balaban J connectivity index is 1.69. The van der Waals surface area contributed by atoms with Gasteiger partial charge in [0.15, 0.2) is 17.5 Å². The molecule has 0 bridgehead atoms. The van der Waals surface area contributed by atoms with Crippen molar-refractivity contribution in [2.24, 2.45) is 17.8 Å². The molecule has 0 aromatic heterocycles. The van der Waals surface area contributed by atoms with E-state index in [2.05, 4.69) is 6.92 Å². The largest absolute Gasteiger partial charge is 0.204 e. The summed E-state index contributed by atoms with van der Waals surface area (Å²) in [5, 5.41) is 0. The molecule has 140 valence electrons. The fraction of sp³-hybridized carbons (Fsp3) is 0.727. The molecule has 1 aromatic rings. The zero-order valence-electron chi connectivity index (χ0n) is 18.0. The van der Waals surface area contributed by atoms with Gasteiger partial charge in [0.2, 0.25) is 0 Å². The van der Waals surface area contributed by atoms with Crippen molar-refractivity contribution in [1.82, 2.24) is 0 Å². The summed E-state index contributed by atoms with van der Waals surface area (Å²) in [5.74, 6) is -3.76. The Bertz CT molecular complexity index is 648. The normalized spacial score (nSPS) is 37.1. The van der Waals surface area contributed by atoms with E-state index in [1.807, 2.05) is 0 Å². The molecule has 0 nitrogen and oxygen atoms in total. The number of benzene rings is 1. The molecule has 3 heteroatoms. The van der Waals surface area contributed by atoms with Gasteiger partial charge in [-0.1, -0.05) is 39.0 Å². The lowest BCUT2D eigenvalue weighted by molar-refractivity contribution is 0.155. The molecule has 0 N–H and O–H groups in total. The summed E-state index contributed by atoms with van der Waals surface area (Å²) in [6.45, 7) is 2.21. The van der Waals surface area contributed by atoms with Crippen LogP contribution in [0, 0.1) is 35.2 Å². The fourth-order valence-corrected chi connectivity index (χ4v) is 4.56. The highest BCUT2D eigenvalue weighted by Gasteiger charge is 2.31. The molecular weight excluding hydrogens is 321 g/mol. The summed E-state index contributed by atoms with van der Waals surface area (Å²) in [4.78, 5) is 0. The van der Waals surface area contributed by atoms with Crippen LogP contribution in [0.15, 0.2) is 12.1 Å². The van der Waals surface area contributed by atoms with Gasteiger partial charge in [0.05, 0.1) is 0 Å². The average molecular weight is 356 g/mol. The third-order valence-electron chi connectivity index (χ3n) is 6.16. The van der Waals surface area contributed by atoms with Gasteiger partial charge < -0.3 is 0 Å². The van der Waals surface area contributed by atoms with Crippen molar-refractivity contribution in [3.05, 3.63) is 35.1 Å². The summed E-state index contributed by atoms with van der Waals surface area (Å²) < 4.78 is 66.2. The number of hydrogen-bond acceptors (Lipinski definition) is 0. The van der Waals surface area contributed by atoms with Crippen LogP contribution >= 0.6 is 0 Å². The molecule has 1 aromatic carbocycles. The van der Waals surface area contributed by atoms with Gasteiger partial charge in [-0.05, 0) is 79.8 Å². The van der Waals surface area contributed by atoms with Crippen molar-refractivity contribution in [3.8, 4) is 0 Å². The quantitative estimate of drug-likeness (QED) is 0.483. The fourth-order valence-electron chi connectivity index (χ4n) is 4.56. The predicted molar refractivity (Wildman–Crippen MR) is 96.0 cm³/mol. The van der Waals surface area contributed by atoms with Crippen LogP contribution in [-0.4, -0.2) is 0 Å². The van der Waals surface area contributed by atoms with Gasteiger partial charge in [-0.3, -0.25) is 0 Å². The van der Waals surface area contributed by atoms with Crippen LogP contribution in [0.25, 0.3) is 0 Å². The van der Waals surface area contributed by atoms with Gasteiger partial charge >= 0.3 is 0 Å². The van der Waals surface area contributed by atoms with Crippen LogP contribution in [0.2, 0.25) is 0 Å². The van der Waals surface area contributed by atoms with Gasteiger partial charge in [0.1, 0.15) is 0 Å². The van der Waals surface area contributed by atoms with E-state index in [0.717, 1.165) is 30.9 Å². The second-order valence-electron chi connectivity index (χ2n) is 7.84. The summed E-state index contributed by atoms with van der Waals surface area (Å²) in [5.41, 5.74) is 0.0584. The topological polar surface area (TPSA) is 0 Å². The number of hydrogen-bond donors (Lipinski definition) is 0. The monoisotopic (exact) mass is 355 g/mol. The van der Waals surface area contributed by atoms with E-state index in [0.29, 0.717) is 18.8 Å². The molecule has 0 amide bonds. The maximum Gasteiger partial charge on any atom is 0.194 e. The molecule has 1 unspecified atom stereocenters. The molecule has 2 aliphatic carbocycles. The van der Waals surface area contributed by atoms with Gasteiger partial charge in [-0.15, -0.1) is 0 Å². The molecule has 2 saturated carbocycles. The summed E-state index contributed by atoms with van der Waals surface area (Å²) in [6.07, 6.45) is 6.64. The molecule has 0 spiro atoms. The van der Waals surface area contributed by atoms with Crippen LogP contribution in [0.4, 0.5) is 13.2 Å². The predicted octanol–water partition coefficient (Wildman–Crippen LogP) is 7.37. The van der Waals surface area contributed by atoms with Crippen molar-refractivity contribution in [2.75, 3.05) is 0 Å². The molecule has 0 saturated heterocycles. The highest BCUT2D eigenvalue weighted by molar-refractivity contribution is 5.23. The van der Waals surface area contributed by atoms with Crippen LogP contribution in [-0.2, 0) is 0 Å². The Kier molecular flexibility index (Phi) is 5.19. The standard InChI is InChI=1S/C22H31F3/c1-2-3-4-15-5-7-16(8-6-15)17-9-11-18(12-10-17)19-13-20(23)22(25)21(24)14-19/h13-18H,2-12H2,1H3/t15-,16-,17-,18?/i11D,12D2/t11-,15-,16-,17-,18?/m1/s1. The minimum atomic E-state index is -1.73. The molecule has 0 radical (unpaired) electrons. The van der Waals surface area contributed by atoms with E-state index >= 15 is 0 Å². The van der Waals surface area contributed by atoms with E-state index in [-0.39, 0.29) is 11.5 Å². The lowest BCUT2D eigenvalue weighted by atomic mass is 9.68. The van der Waals surface area contributed by atoms with Gasteiger partial charge in [0.25, 0.3) is 0 Å². The Morgan fingerprint density at radius 3 is 2.20 bits per heavy atom. The second kappa shape index (κ2) is 8.60. The number of rotatable bonds is 5. The highest BCUT2D eigenvalue weighted by Crippen LogP contribution is 2.44. The molecular formula is C22H31F3. The minimum absolute atomic E-state index is 0.0584. The first kappa shape index (κ1) is 15.1. The molecule has 0 aliphatic heterocycles. The smallest absolute Gasteiger partial charge is 0.194 e. The number of unbranched alkanes of at least 4 members (excludes halogenated alkanes) is 1. The van der Waals surface area contributed by atoms with E-state index in [9.17, 15) is 13.2 Å². The maximum absolute atomic E-state index is 13.7. The lowest BCUT2D eigenvalue weighted by Gasteiger charge is -2.38. The maximum atomic E-state index is 13.7. The molecule has 0 heterocycles. The molecule has 3 atom stereocenters. The van der Waals surface area contributed by atoms with Crippen molar-refractivity contribution in [1.29, 1.82) is 0 Å². The van der Waals surface area contributed by atoms with Gasteiger partial charge in [-0.25, -0.2) is 13.2 Å². The third-order valence-corrected chi connectivity index (χ3v) is 6.16. The minimum Gasteiger partial charge on any atom is -0.204 e. The van der Waals surface area contributed by atoms with Crippen molar-refractivity contribution >= 4 is 0 Å². The second-order valence-corrected chi connectivity index (χ2v) is 7.84. The zero-order chi connectivity index (χ0) is 20.5. The highest BCUT2D eigenvalue weighted by atomic mass is 19.2. The first-order chi connectivity index (χ1) is 13.2. The van der Waals surface area contributed by atoms with E-state index in [1.165, 1.54) is 32.1 Å². The SMILES string of the molecule is [2H][C@@H]1C[C@@H]([C@H]2CC[C@H](CCCC)CC2)CC([2H])([2H])C1c1cc(F)c(F)c(F)c1. The van der Waals surface area contributed by atoms with Gasteiger partial charge in [-0.2, -0.15) is 0 Å². The first-order valence-corrected chi connectivity index (χ1v) is 9.79. The summed E-state index contributed by atoms with van der Waals surface area (Å²) in [6, 6.07) is 1.73. The summed E-state index contributed by atoms with van der Waals surface area (Å²) in [7, 11) is 0. The Labute approximate surface area is 154 Å². The third kappa shape index (κ3) is 4.60. The van der Waals surface area contributed by atoms with Crippen LogP contribution in [0.1, 0.15) is 93.1 Å². The van der Waals surface area contributed by atoms with Gasteiger partial charge in [0, 0.05) is 4.11 Å². The average Bonchev–Trinajstić information content (AvgIpc) is 2.63. The van der Waals surface area contributed by atoms with Crippen LogP contribution in [0.3, 0.4) is 0 Å². The van der Waals surface area contributed by atoms with E-state index in [4.69, 9.17) is 4.11 Å². The van der Waals surface area contributed by atoms with E-state index < -0.39 is 36.1 Å². The van der Waals surface area contributed by atoms with Crippen LogP contribution < -0.4 is 0 Å².